The van der Waals surface area contributed by atoms with E-state index in [-0.39, 0.29) is 17.9 Å². The summed E-state index contributed by atoms with van der Waals surface area (Å²) in [6.07, 6.45) is 1.35. The highest BCUT2D eigenvalue weighted by Gasteiger charge is 2.37. The van der Waals surface area contributed by atoms with Crippen LogP contribution in [0.1, 0.15) is 12.5 Å². The lowest BCUT2D eigenvalue weighted by molar-refractivity contribution is -0.122. The number of methoxy groups -OCH3 is 1. The number of benzene rings is 2. The molecule has 9 nitrogen and oxygen atoms in total. The fourth-order valence-corrected chi connectivity index (χ4v) is 2.94. The summed E-state index contributed by atoms with van der Waals surface area (Å²) in [5, 5.41) is 10.8. The number of hydrogen-bond acceptors (Lipinski definition) is 7. The summed E-state index contributed by atoms with van der Waals surface area (Å²) in [6.45, 7) is 2.08. The van der Waals surface area contributed by atoms with Crippen molar-refractivity contribution < 1.29 is 28.6 Å². The monoisotopic (exact) mass is 421 g/mol. The molecule has 9 heteroatoms. The van der Waals surface area contributed by atoms with Gasteiger partial charge in [0.05, 0.1) is 19.4 Å². The highest BCUT2D eigenvalue weighted by Crippen LogP contribution is 2.30. The molecule has 1 fully saturated rings. The van der Waals surface area contributed by atoms with Crippen LogP contribution in [0.15, 0.2) is 48.0 Å². The molecule has 2 aromatic rings. The third kappa shape index (κ3) is 4.64. The number of nitrogens with zero attached hydrogens (tertiary/aromatic N) is 2. The van der Waals surface area contributed by atoms with Gasteiger partial charge in [-0.25, -0.2) is 9.69 Å². The van der Waals surface area contributed by atoms with Gasteiger partial charge in [0.15, 0.2) is 18.1 Å². The average Bonchev–Trinajstić information content (AvgIpc) is 2.76. The number of hydrogen-bond donors (Lipinski definition) is 1. The second-order valence-electron chi connectivity index (χ2n) is 6.25. The minimum atomic E-state index is -0.848. The molecule has 3 rings (SSSR count). The number of rotatable bonds is 7. The summed E-state index contributed by atoms with van der Waals surface area (Å²) in [7, 11) is 1.43. The fourth-order valence-electron chi connectivity index (χ4n) is 2.94. The third-order valence-electron chi connectivity index (χ3n) is 4.28. The lowest BCUT2D eigenvalue weighted by atomic mass is 10.1. The Morgan fingerprint density at radius 2 is 1.90 bits per heavy atom. The van der Waals surface area contributed by atoms with Gasteiger partial charge in [0.1, 0.15) is 17.4 Å². The molecule has 1 N–H and O–H groups in total. The van der Waals surface area contributed by atoms with Crippen LogP contribution in [0.2, 0.25) is 0 Å². The Morgan fingerprint density at radius 1 is 1.10 bits per heavy atom. The standard InChI is InChI=1S/C22H19N3O6/c1-3-30-16-6-4-5-15(13-16)25-21(27)17(20(26)24-22(25)28)11-14-7-8-18(31-10-9-23)19(12-14)29-2/h4-8,11-13H,3,10H2,1-2H3,(H,24,26,28)/b17-11+. The normalized spacial score (nSPS) is 14.8. The van der Waals surface area contributed by atoms with Crippen LogP contribution >= 0.6 is 0 Å². The first kappa shape index (κ1) is 21.4. The second-order valence-corrected chi connectivity index (χ2v) is 6.25. The number of nitrogens with one attached hydrogen (secondary N) is 1. The molecule has 1 saturated heterocycles. The number of urea groups is 1. The summed E-state index contributed by atoms with van der Waals surface area (Å²) in [5.41, 5.74) is 0.510. The summed E-state index contributed by atoms with van der Waals surface area (Å²) in [6, 6.07) is 12.2. The molecule has 0 spiro atoms. The van der Waals surface area contributed by atoms with Crippen molar-refractivity contribution >= 4 is 29.6 Å². The number of carbonyl (C=O) groups excluding carboxylic acids is 3. The van der Waals surface area contributed by atoms with E-state index in [2.05, 4.69) is 5.32 Å². The van der Waals surface area contributed by atoms with Gasteiger partial charge in [-0.15, -0.1) is 0 Å². The topological polar surface area (TPSA) is 118 Å². The summed E-state index contributed by atoms with van der Waals surface area (Å²) < 4.78 is 15.9. The van der Waals surface area contributed by atoms with E-state index in [4.69, 9.17) is 19.5 Å². The Morgan fingerprint density at radius 3 is 2.61 bits per heavy atom. The molecular weight excluding hydrogens is 402 g/mol. The molecule has 0 radical (unpaired) electrons. The van der Waals surface area contributed by atoms with E-state index in [1.165, 1.54) is 13.2 Å². The van der Waals surface area contributed by atoms with Gasteiger partial charge in [-0.1, -0.05) is 12.1 Å². The Hall–Kier alpha value is -4.32. The molecule has 0 aliphatic carbocycles. The SMILES string of the molecule is CCOc1cccc(N2C(=O)NC(=O)/C(=C\c3ccc(OCC#N)c(OC)c3)C2=O)c1. The second kappa shape index (κ2) is 9.45. The summed E-state index contributed by atoms with van der Waals surface area (Å²) in [4.78, 5) is 38.6. The van der Waals surface area contributed by atoms with Crippen molar-refractivity contribution in [3.8, 4) is 23.3 Å². The largest absolute Gasteiger partial charge is 0.494 e. The minimum absolute atomic E-state index is 0.157. The quantitative estimate of drug-likeness (QED) is 0.539. The Labute approximate surface area is 178 Å². The van der Waals surface area contributed by atoms with Crippen LogP contribution in [0.4, 0.5) is 10.5 Å². The zero-order valence-electron chi connectivity index (χ0n) is 16.9. The highest BCUT2D eigenvalue weighted by molar-refractivity contribution is 6.39. The maximum absolute atomic E-state index is 13.0. The average molecular weight is 421 g/mol. The van der Waals surface area contributed by atoms with Crippen molar-refractivity contribution in [1.82, 2.24) is 5.32 Å². The number of imide groups is 2. The van der Waals surface area contributed by atoms with Crippen molar-refractivity contribution in [3.05, 3.63) is 53.6 Å². The molecule has 31 heavy (non-hydrogen) atoms. The number of nitriles is 1. The molecule has 0 unspecified atom stereocenters. The third-order valence-corrected chi connectivity index (χ3v) is 4.28. The molecule has 2 aromatic carbocycles. The van der Waals surface area contributed by atoms with Crippen molar-refractivity contribution in [3.63, 3.8) is 0 Å². The van der Waals surface area contributed by atoms with Gasteiger partial charge in [0, 0.05) is 6.07 Å². The zero-order chi connectivity index (χ0) is 22.4. The van der Waals surface area contributed by atoms with Gasteiger partial charge in [-0.2, -0.15) is 5.26 Å². The number of carbonyl (C=O) groups is 3. The van der Waals surface area contributed by atoms with Gasteiger partial charge >= 0.3 is 6.03 Å². The molecule has 1 aliphatic heterocycles. The molecular formula is C22H19N3O6. The minimum Gasteiger partial charge on any atom is -0.494 e. The number of anilines is 1. The van der Waals surface area contributed by atoms with E-state index in [1.54, 1.807) is 42.5 Å². The number of barbiturate groups is 1. The van der Waals surface area contributed by atoms with Crippen LogP contribution in [0, 0.1) is 11.3 Å². The van der Waals surface area contributed by atoms with Crippen LogP contribution in [-0.4, -0.2) is 38.2 Å². The molecule has 0 saturated carbocycles. The molecule has 1 heterocycles. The lowest BCUT2D eigenvalue weighted by Gasteiger charge is -2.26. The smallest absolute Gasteiger partial charge is 0.335 e. The fraction of sp³-hybridized carbons (Fsp3) is 0.182. The van der Waals surface area contributed by atoms with E-state index in [9.17, 15) is 14.4 Å². The molecule has 158 valence electrons. The Balaban J connectivity index is 1.96. The van der Waals surface area contributed by atoms with E-state index < -0.39 is 17.8 Å². The maximum Gasteiger partial charge on any atom is 0.335 e. The Kier molecular flexibility index (Phi) is 6.52. The molecule has 0 bridgehead atoms. The van der Waals surface area contributed by atoms with Gasteiger partial charge in [0.25, 0.3) is 11.8 Å². The van der Waals surface area contributed by atoms with Crippen LogP contribution in [0.25, 0.3) is 6.08 Å². The molecule has 0 atom stereocenters. The molecule has 1 aliphatic rings. The van der Waals surface area contributed by atoms with Crippen molar-refractivity contribution in [2.24, 2.45) is 0 Å². The van der Waals surface area contributed by atoms with Crippen LogP contribution in [0.5, 0.6) is 17.2 Å². The Bertz CT molecular complexity index is 1100. The van der Waals surface area contributed by atoms with Gasteiger partial charge in [0.2, 0.25) is 0 Å². The van der Waals surface area contributed by atoms with Crippen LogP contribution in [-0.2, 0) is 9.59 Å². The van der Waals surface area contributed by atoms with Crippen molar-refractivity contribution in [2.75, 3.05) is 25.2 Å². The molecule has 0 aromatic heterocycles. The summed E-state index contributed by atoms with van der Waals surface area (Å²) in [5.74, 6) is -0.427. The zero-order valence-corrected chi connectivity index (χ0v) is 16.9. The predicted octanol–water partition coefficient (Wildman–Crippen LogP) is 2.66. The van der Waals surface area contributed by atoms with E-state index in [1.807, 2.05) is 13.0 Å². The van der Waals surface area contributed by atoms with Crippen LogP contribution in [0.3, 0.4) is 0 Å². The van der Waals surface area contributed by atoms with Gasteiger partial charge in [-0.3, -0.25) is 14.9 Å². The first-order chi connectivity index (χ1) is 15.0. The van der Waals surface area contributed by atoms with E-state index in [0.717, 1.165) is 4.90 Å². The first-order valence-corrected chi connectivity index (χ1v) is 9.30. The highest BCUT2D eigenvalue weighted by atomic mass is 16.5. The van der Waals surface area contributed by atoms with Crippen molar-refractivity contribution in [1.29, 1.82) is 5.26 Å². The first-order valence-electron chi connectivity index (χ1n) is 9.30. The van der Waals surface area contributed by atoms with Gasteiger partial charge < -0.3 is 14.2 Å². The lowest BCUT2D eigenvalue weighted by Crippen LogP contribution is -2.54. The maximum atomic E-state index is 13.0. The van der Waals surface area contributed by atoms with Crippen LogP contribution < -0.4 is 24.4 Å². The van der Waals surface area contributed by atoms with Crippen molar-refractivity contribution in [2.45, 2.75) is 6.92 Å². The number of amides is 4. The van der Waals surface area contributed by atoms with E-state index >= 15 is 0 Å². The summed E-state index contributed by atoms with van der Waals surface area (Å²) >= 11 is 0. The van der Waals surface area contributed by atoms with E-state index in [0.29, 0.717) is 29.4 Å². The number of ether oxygens (including phenoxy) is 3. The molecule has 4 amide bonds. The predicted molar refractivity (Wildman–Crippen MR) is 111 cm³/mol. The van der Waals surface area contributed by atoms with Gasteiger partial charge in [-0.05, 0) is 42.8 Å².